The molecule has 0 amide bonds. The number of aromatic nitrogens is 2. The Morgan fingerprint density at radius 1 is 1.40 bits per heavy atom. The van der Waals surface area contributed by atoms with Gasteiger partial charge in [-0.05, 0) is 30.5 Å². The zero-order chi connectivity index (χ0) is 18.0. The molecule has 1 fully saturated rings. The number of nitrogens with zero attached hydrogens (tertiary/aromatic N) is 2. The summed E-state index contributed by atoms with van der Waals surface area (Å²) < 4.78 is 13.8. The molecule has 9 heteroatoms. The molecule has 25 heavy (non-hydrogen) atoms. The quantitative estimate of drug-likeness (QED) is 0.420. The van der Waals surface area contributed by atoms with Gasteiger partial charge in [0.25, 0.3) is 5.56 Å². The van der Waals surface area contributed by atoms with Crippen molar-refractivity contribution in [2.75, 3.05) is 13.2 Å². The lowest BCUT2D eigenvalue weighted by Crippen LogP contribution is -2.39. The largest absolute Gasteiger partial charge is 0.353 e. The first-order valence-corrected chi connectivity index (χ1v) is 9.06. The highest BCUT2D eigenvalue weighted by Crippen LogP contribution is 2.17. The van der Waals surface area contributed by atoms with E-state index >= 15 is 0 Å². The van der Waals surface area contributed by atoms with Crippen LogP contribution in [0.15, 0.2) is 9.59 Å². The summed E-state index contributed by atoms with van der Waals surface area (Å²) in [4.78, 5) is 36.8. The third kappa shape index (κ3) is 3.49. The predicted octanol–water partition coefficient (Wildman–Crippen LogP) is 0.301. The fraction of sp³-hybridized carbons (Fsp3) is 0.562. The molecular formula is C16H19BN2O5S. The zero-order valence-electron chi connectivity index (χ0n) is 14.0. The molecule has 0 N–H and O–H groups in total. The molecule has 7 nitrogen and oxygen atoms in total. The molecule has 1 unspecified atom stereocenters. The third-order valence-corrected chi connectivity index (χ3v) is 5.43. The summed E-state index contributed by atoms with van der Waals surface area (Å²) in [5, 5.41) is 0.205. The van der Waals surface area contributed by atoms with Crippen molar-refractivity contribution in [3.8, 4) is 0 Å². The highest BCUT2D eigenvalue weighted by atomic mass is 32.1. The van der Waals surface area contributed by atoms with Gasteiger partial charge in [0.05, 0.1) is 12.0 Å². The highest BCUT2D eigenvalue weighted by molar-refractivity contribution is 7.26. The Morgan fingerprint density at radius 3 is 2.88 bits per heavy atom. The minimum Gasteiger partial charge on any atom is -0.353 e. The molecule has 0 aromatic carbocycles. The number of rotatable bonds is 6. The molecule has 0 spiro atoms. The molecule has 1 aliphatic rings. The Hall–Kier alpha value is -1.71. The number of ether oxygens (including phenoxy) is 2. The highest BCUT2D eigenvalue weighted by Gasteiger charge is 2.18. The lowest BCUT2D eigenvalue weighted by Gasteiger charge is -2.22. The summed E-state index contributed by atoms with van der Waals surface area (Å²) in [6.45, 7) is 1.31. The second-order valence-electron chi connectivity index (χ2n) is 6.00. The van der Waals surface area contributed by atoms with Gasteiger partial charge in [0.2, 0.25) is 0 Å². The predicted molar refractivity (Wildman–Crippen MR) is 96.3 cm³/mol. The van der Waals surface area contributed by atoms with Gasteiger partial charge in [-0.2, -0.15) is 0 Å². The first-order valence-electron chi connectivity index (χ1n) is 8.24. The van der Waals surface area contributed by atoms with Crippen LogP contribution < -0.4 is 16.0 Å². The van der Waals surface area contributed by atoms with Crippen LogP contribution in [0.2, 0.25) is 0 Å². The van der Waals surface area contributed by atoms with Crippen LogP contribution in [0, 0.1) is 0 Å². The van der Waals surface area contributed by atoms with Crippen molar-refractivity contribution >= 4 is 40.5 Å². The summed E-state index contributed by atoms with van der Waals surface area (Å²) in [6, 6.07) is 0. The summed E-state index contributed by atoms with van der Waals surface area (Å²) in [6.07, 6.45) is 3.85. The summed E-state index contributed by atoms with van der Waals surface area (Å²) in [5.41, 5.74) is -0.756. The molecule has 3 rings (SSSR count). The number of hydrogen-bond acceptors (Lipinski definition) is 6. The van der Waals surface area contributed by atoms with E-state index in [1.54, 1.807) is 7.05 Å². The van der Waals surface area contributed by atoms with E-state index in [4.69, 9.17) is 17.3 Å². The number of thiophene rings is 1. The van der Waals surface area contributed by atoms with Crippen LogP contribution in [0.5, 0.6) is 0 Å². The van der Waals surface area contributed by atoms with Gasteiger partial charge in [-0.15, -0.1) is 11.3 Å². The summed E-state index contributed by atoms with van der Waals surface area (Å²) in [5.74, 6) is 0. The fourth-order valence-electron chi connectivity index (χ4n) is 2.98. The molecule has 2 aromatic rings. The number of aryl methyl sites for hydroxylation is 1. The molecular weight excluding hydrogens is 343 g/mol. The van der Waals surface area contributed by atoms with Crippen molar-refractivity contribution < 1.29 is 14.3 Å². The van der Waals surface area contributed by atoms with Gasteiger partial charge in [-0.3, -0.25) is 18.7 Å². The van der Waals surface area contributed by atoms with Gasteiger partial charge in [0, 0.05) is 25.8 Å². The first kappa shape index (κ1) is 18.1. The maximum absolute atomic E-state index is 12.7. The van der Waals surface area contributed by atoms with E-state index in [1.807, 2.05) is 0 Å². The molecule has 3 heterocycles. The van der Waals surface area contributed by atoms with E-state index in [-0.39, 0.29) is 28.6 Å². The van der Waals surface area contributed by atoms with Gasteiger partial charge in [-0.1, -0.05) is 0 Å². The number of aldehydes is 1. The molecule has 0 aliphatic carbocycles. The van der Waals surface area contributed by atoms with Gasteiger partial charge < -0.3 is 9.47 Å². The van der Waals surface area contributed by atoms with E-state index in [2.05, 4.69) is 0 Å². The van der Waals surface area contributed by atoms with Crippen LogP contribution >= 0.6 is 11.3 Å². The number of carbonyl (C=O) groups excluding carboxylic acids is 1. The molecule has 0 bridgehead atoms. The van der Waals surface area contributed by atoms with E-state index in [0.717, 1.165) is 35.2 Å². The van der Waals surface area contributed by atoms with E-state index < -0.39 is 11.2 Å². The molecule has 1 atom stereocenters. The molecule has 1 aliphatic heterocycles. The Labute approximate surface area is 149 Å². The van der Waals surface area contributed by atoms with Crippen LogP contribution in [0.4, 0.5) is 0 Å². The monoisotopic (exact) mass is 362 g/mol. The van der Waals surface area contributed by atoms with E-state index in [0.29, 0.717) is 30.8 Å². The Kier molecular flexibility index (Phi) is 5.56. The van der Waals surface area contributed by atoms with Crippen LogP contribution in [0.1, 0.15) is 36.0 Å². The number of hydrogen-bond donors (Lipinski definition) is 0. The normalized spacial score (nSPS) is 17.9. The van der Waals surface area contributed by atoms with Crippen LogP contribution in [-0.4, -0.2) is 42.8 Å². The van der Waals surface area contributed by atoms with Crippen molar-refractivity contribution in [1.29, 1.82) is 0 Å². The molecule has 1 saturated heterocycles. The van der Waals surface area contributed by atoms with E-state index in [1.165, 1.54) is 4.57 Å². The average Bonchev–Trinajstić information content (AvgIpc) is 2.96. The van der Waals surface area contributed by atoms with Crippen molar-refractivity contribution in [3.63, 3.8) is 0 Å². The van der Waals surface area contributed by atoms with Crippen molar-refractivity contribution in [2.24, 2.45) is 7.05 Å². The maximum atomic E-state index is 12.7. The van der Waals surface area contributed by atoms with Crippen LogP contribution in [0.25, 0.3) is 10.2 Å². The van der Waals surface area contributed by atoms with E-state index in [9.17, 15) is 14.4 Å². The summed E-state index contributed by atoms with van der Waals surface area (Å²) >= 11 is 1.07. The first-order chi connectivity index (χ1) is 12.0. The average molecular weight is 362 g/mol. The summed E-state index contributed by atoms with van der Waals surface area (Å²) in [7, 11) is 7.36. The topological polar surface area (TPSA) is 79.5 Å². The fourth-order valence-corrected chi connectivity index (χ4v) is 3.96. The molecule has 0 saturated carbocycles. The van der Waals surface area contributed by atoms with Crippen molar-refractivity contribution in [3.05, 3.63) is 26.4 Å². The third-order valence-electron chi connectivity index (χ3n) is 4.32. The van der Waals surface area contributed by atoms with Gasteiger partial charge >= 0.3 is 5.69 Å². The van der Waals surface area contributed by atoms with Crippen molar-refractivity contribution in [1.82, 2.24) is 9.13 Å². The second-order valence-corrected chi connectivity index (χ2v) is 7.03. The standard InChI is InChI=1S/C16H19BN2O5S/c1-18-15-12(10(9-20)13(17)25-15)14(21)19(16(18)22)6-4-8-24-11-5-2-3-7-23-11/h9,11H,2-8H2,1H3. The Balaban J connectivity index is 1.80. The van der Waals surface area contributed by atoms with Crippen LogP contribution in [0.3, 0.4) is 0 Å². The Morgan fingerprint density at radius 2 is 2.20 bits per heavy atom. The number of fused-ring (bicyclic) bond motifs is 1. The Bertz CT molecular complexity index is 895. The van der Waals surface area contributed by atoms with Gasteiger partial charge in [0.1, 0.15) is 12.7 Å². The maximum Gasteiger partial charge on any atom is 0.331 e. The van der Waals surface area contributed by atoms with Gasteiger partial charge in [0.15, 0.2) is 12.6 Å². The zero-order valence-corrected chi connectivity index (χ0v) is 14.8. The SMILES string of the molecule is [B]c1sc2c(c1C=O)c(=O)n(CCCOC1CCCCO1)c(=O)n2C. The lowest BCUT2D eigenvalue weighted by atomic mass is 10.0. The molecule has 132 valence electrons. The minimum atomic E-state index is -0.484. The lowest BCUT2D eigenvalue weighted by molar-refractivity contribution is -0.163. The van der Waals surface area contributed by atoms with Gasteiger partial charge in [-0.25, -0.2) is 4.79 Å². The molecule has 2 radical (unpaired) electrons. The molecule has 2 aromatic heterocycles. The van der Waals surface area contributed by atoms with Crippen LogP contribution in [-0.2, 0) is 23.1 Å². The number of carbonyl (C=O) groups is 1. The van der Waals surface area contributed by atoms with Crippen molar-refractivity contribution in [2.45, 2.75) is 38.5 Å². The second kappa shape index (κ2) is 7.67. The smallest absolute Gasteiger partial charge is 0.331 e. The minimum absolute atomic E-state index is 0.154.